The van der Waals surface area contributed by atoms with E-state index in [0.717, 1.165) is 6.42 Å². The van der Waals surface area contributed by atoms with Gasteiger partial charge in [0.05, 0.1) is 0 Å². The van der Waals surface area contributed by atoms with Gasteiger partial charge in [-0.15, -0.1) is 0 Å². The van der Waals surface area contributed by atoms with Gasteiger partial charge in [-0.1, -0.05) is 11.6 Å². The average molecular weight is 285 g/mol. The predicted molar refractivity (Wildman–Crippen MR) is 74.2 cm³/mol. The Balaban J connectivity index is 2.26. The first kappa shape index (κ1) is 15.5. The van der Waals surface area contributed by atoms with E-state index in [9.17, 15) is 9.59 Å². The van der Waals surface area contributed by atoms with E-state index in [1.54, 1.807) is 31.4 Å². The molecule has 0 bridgehead atoms. The van der Waals surface area contributed by atoms with Gasteiger partial charge in [-0.3, -0.25) is 9.59 Å². The van der Waals surface area contributed by atoms with Gasteiger partial charge in [-0.2, -0.15) is 0 Å². The van der Waals surface area contributed by atoms with Crippen molar-refractivity contribution in [2.24, 2.45) is 0 Å². The van der Waals surface area contributed by atoms with Crippen molar-refractivity contribution in [1.82, 2.24) is 5.32 Å². The number of rotatable bonds is 7. The average Bonchev–Trinajstić information content (AvgIpc) is 2.37. The van der Waals surface area contributed by atoms with E-state index >= 15 is 0 Å². The van der Waals surface area contributed by atoms with Crippen LogP contribution in [0.4, 0.5) is 5.69 Å². The zero-order valence-electron chi connectivity index (χ0n) is 10.7. The third-order valence-corrected chi connectivity index (χ3v) is 2.55. The number of carbonyl (C=O) groups is 2. The number of anilines is 1. The molecule has 0 aliphatic heterocycles. The summed E-state index contributed by atoms with van der Waals surface area (Å²) in [5.74, 6) is -0.658. The first-order valence-electron chi connectivity index (χ1n) is 5.93. The Morgan fingerprint density at radius 2 is 1.89 bits per heavy atom. The van der Waals surface area contributed by atoms with Crippen LogP contribution in [-0.2, 0) is 14.3 Å². The summed E-state index contributed by atoms with van der Waals surface area (Å²) in [6.45, 7) is 1.08. The lowest BCUT2D eigenvalue weighted by atomic mass is 10.3. The minimum atomic E-state index is -0.355. The number of amides is 2. The standard InChI is InChI=1S/C13H17ClN2O3/c1-19-8-2-7-15-12(17)9-13(18)16-11-5-3-10(14)4-6-11/h3-6H,2,7-9H2,1H3,(H,15,17)(H,16,18). The molecule has 2 N–H and O–H groups in total. The van der Waals surface area contributed by atoms with Crippen molar-refractivity contribution < 1.29 is 14.3 Å². The highest BCUT2D eigenvalue weighted by molar-refractivity contribution is 6.30. The smallest absolute Gasteiger partial charge is 0.233 e. The minimum absolute atomic E-state index is 0.199. The zero-order valence-corrected chi connectivity index (χ0v) is 11.5. The lowest BCUT2D eigenvalue weighted by Crippen LogP contribution is -2.29. The number of nitrogens with one attached hydrogen (secondary N) is 2. The third kappa shape index (κ3) is 6.79. The molecule has 19 heavy (non-hydrogen) atoms. The Hall–Kier alpha value is -1.59. The lowest BCUT2D eigenvalue weighted by molar-refractivity contribution is -0.126. The van der Waals surface area contributed by atoms with Gasteiger partial charge < -0.3 is 15.4 Å². The highest BCUT2D eigenvalue weighted by Gasteiger charge is 2.08. The highest BCUT2D eigenvalue weighted by Crippen LogP contribution is 2.13. The Kier molecular flexibility index (Phi) is 6.92. The first-order valence-corrected chi connectivity index (χ1v) is 6.30. The van der Waals surface area contributed by atoms with Crippen LogP contribution in [0.25, 0.3) is 0 Å². The third-order valence-electron chi connectivity index (χ3n) is 2.30. The Labute approximate surface area is 117 Å². The topological polar surface area (TPSA) is 67.4 Å². The summed E-state index contributed by atoms with van der Waals surface area (Å²) < 4.78 is 4.85. The summed E-state index contributed by atoms with van der Waals surface area (Å²) in [4.78, 5) is 23.0. The second kappa shape index (κ2) is 8.50. The zero-order chi connectivity index (χ0) is 14.1. The molecule has 1 aromatic rings. The molecule has 0 unspecified atom stereocenters. The van der Waals surface area contributed by atoms with Crippen LogP contribution < -0.4 is 10.6 Å². The van der Waals surface area contributed by atoms with Crippen molar-refractivity contribution in [2.75, 3.05) is 25.6 Å². The number of hydrogen-bond acceptors (Lipinski definition) is 3. The van der Waals surface area contributed by atoms with Gasteiger partial charge >= 0.3 is 0 Å². The Morgan fingerprint density at radius 1 is 1.21 bits per heavy atom. The maximum atomic E-state index is 11.6. The molecule has 0 aliphatic rings. The predicted octanol–water partition coefficient (Wildman–Crippen LogP) is 1.82. The molecule has 0 heterocycles. The van der Waals surface area contributed by atoms with E-state index < -0.39 is 0 Å². The second-order valence-electron chi connectivity index (χ2n) is 3.93. The fraction of sp³-hybridized carbons (Fsp3) is 0.385. The van der Waals surface area contributed by atoms with Crippen molar-refractivity contribution in [3.05, 3.63) is 29.3 Å². The van der Waals surface area contributed by atoms with Crippen LogP contribution in [0.2, 0.25) is 5.02 Å². The van der Waals surface area contributed by atoms with E-state index in [2.05, 4.69) is 10.6 Å². The summed E-state index contributed by atoms with van der Waals surface area (Å²) in [5, 5.41) is 5.85. The van der Waals surface area contributed by atoms with Crippen molar-refractivity contribution >= 4 is 29.1 Å². The molecule has 0 aromatic heterocycles. The SMILES string of the molecule is COCCCNC(=O)CC(=O)Nc1ccc(Cl)cc1. The first-order chi connectivity index (χ1) is 9.11. The van der Waals surface area contributed by atoms with E-state index in [4.69, 9.17) is 16.3 Å². The molecule has 2 amide bonds. The summed E-state index contributed by atoms with van der Waals surface area (Å²) in [6, 6.07) is 6.69. The molecule has 0 aliphatic carbocycles. The second-order valence-corrected chi connectivity index (χ2v) is 4.36. The van der Waals surface area contributed by atoms with Gasteiger partial charge in [0.25, 0.3) is 0 Å². The van der Waals surface area contributed by atoms with Crippen molar-refractivity contribution in [1.29, 1.82) is 0 Å². The molecule has 1 rings (SSSR count). The normalized spacial score (nSPS) is 10.0. The molecule has 1 aromatic carbocycles. The van der Waals surface area contributed by atoms with Crippen molar-refractivity contribution in [3.63, 3.8) is 0 Å². The van der Waals surface area contributed by atoms with Crippen LogP contribution in [0.1, 0.15) is 12.8 Å². The van der Waals surface area contributed by atoms with Gasteiger partial charge in [0.2, 0.25) is 11.8 Å². The van der Waals surface area contributed by atoms with E-state index in [0.29, 0.717) is 23.9 Å². The molecule has 0 atom stereocenters. The monoisotopic (exact) mass is 284 g/mol. The largest absolute Gasteiger partial charge is 0.385 e. The molecule has 5 nitrogen and oxygen atoms in total. The van der Waals surface area contributed by atoms with E-state index in [1.807, 2.05) is 0 Å². The van der Waals surface area contributed by atoms with Crippen molar-refractivity contribution in [3.8, 4) is 0 Å². The van der Waals surface area contributed by atoms with Crippen LogP contribution in [0.3, 0.4) is 0 Å². The molecule has 104 valence electrons. The van der Waals surface area contributed by atoms with Crippen LogP contribution in [0.5, 0.6) is 0 Å². The number of ether oxygens (including phenoxy) is 1. The molecule has 0 radical (unpaired) electrons. The summed E-state index contributed by atoms with van der Waals surface area (Å²) in [7, 11) is 1.60. The summed E-state index contributed by atoms with van der Waals surface area (Å²) in [6.07, 6.45) is 0.524. The Morgan fingerprint density at radius 3 is 2.53 bits per heavy atom. The number of hydrogen-bond donors (Lipinski definition) is 2. The van der Waals surface area contributed by atoms with Crippen molar-refractivity contribution in [2.45, 2.75) is 12.8 Å². The van der Waals surface area contributed by atoms with Crippen LogP contribution in [0, 0.1) is 0 Å². The molecule has 6 heteroatoms. The van der Waals surface area contributed by atoms with E-state index in [-0.39, 0.29) is 18.2 Å². The fourth-order valence-electron chi connectivity index (χ4n) is 1.39. The Bertz CT molecular complexity index is 420. The van der Waals surface area contributed by atoms with Gasteiger partial charge in [-0.25, -0.2) is 0 Å². The highest BCUT2D eigenvalue weighted by atomic mass is 35.5. The number of methoxy groups -OCH3 is 1. The van der Waals surface area contributed by atoms with Gasteiger partial charge in [0.1, 0.15) is 6.42 Å². The van der Waals surface area contributed by atoms with Crippen LogP contribution in [0.15, 0.2) is 24.3 Å². The fourth-order valence-corrected chi connectivity index (χ4v) is 1.52. The molecular formula is C13H17ClN2O3. The van der Waals surface area contributed by atoms with Gasteiger partial charge in [0, 0.05) is 31.0 Å². The van der Waals surface area contributed by atoms with E-state index in [1.165, 1.54) is 0 Å². The summed E-state index contributed by atoms with van der Waals surface area (Å²) in [5.41, 5.74) is 0.613. The van der Waals surface area contributed by atoms with Crippen LogP contribution in [-0.4, -0.2) is 32.1 Å². The number of halogens is 1. The molecule has 0 fully saturated rings. The molecule has 0 saturated heterocycles. The lowest BCUT2D eigenvalue weighted by Gasteiger charge is -2.06. The quantitative estimate of drug-likeness (QED) is 0.593. The van der Waals surface area contributed by atoms with Crippen LogP contribution >= 0.6 is 11.6 Å². The molecule has 0 spiro atoms. The maximum Gasteiger partial charge on any atom is 0.233 e. The maximum absolute atomic E-state index is 11.6. The number of benzene rings is 1. The minimum Gasteiger partial charge on any atom is -0.385 e. The van der Waals surface area contributed by atoms with Gasteiger partial charge in [-0.05, 0) is 30.7 Å². The summed E-state index contributed by atoms with van der Waals surface area (Å²) >= 11 is 5.73. The molecular weight excluding hydrogens is 268 g/mol. The number of carbonyl (C=O) groups excluding carboxylic acids is 2. The molecule has 0 saturated carbocycles. The van der Waals surface area contributed by atoms with Gasteiger partial charge in [0.15, 0.2) is 0 Å².